The molecule has 3 rings (SSSR count). The third-order valence-electron chi connectivity index (χ3n) is 4.88. The first-order valence-corrected chi connectivity index (χ1v) is 9.85. The highest BCUT2D eigenvalue weighted by molar-refractivity contribution is 5.95. The van der Waals surface area contributed by atoms with Crippen LogP contribution in [0, 0.1) is 11.6 Å². The van der Waals surface area contributed by atoms with Crippen LogP contribution in [0.4, 0.5) is 14.5 Å². The van der Waals surface area contributed by atoms with Gasteiger partial charge in [-0.05, 0) is 55.8 Å². The Labute approximate surface area is 169 Å². The molecule has 0 aromatic heterocycles. The average Bonchev–Trinajstić information content (AvgIpc) is 2.69. The van der Waals surface area contributed by atoms with E-state index in [2.05, 4.69) is 15.5 Å². The number of hydrogen-bond acceptors (Lipinski definition) is 3. The molecule has 1 fully saturated rings. The van der Waals surface area contributed by atoms with Crippen molar-refractivity contribution in [3.05, 3.63) is 65.2 Å². The Bertz CT molecular complexity index is 867. The molecule has 0 unspecified atom stereocenters. The third kappa shape index (κ3) is 6.35. The lowest BCUT2D eigenvalue weighted by Gasteiger charge is -2.26. The largest absolute Gasteiger partial charge is 0.351 e. The predicted molar refractivity (Wildman–Crippen MR) is 108 cm³/mol. The van der Waals surface area contributed by atoms with Crippen molar-refractivity contribution in [1.82, 2.24) is 10.2 Å². The molecule has 5 nitrogen and oxygen atoms in total. The summed E-state index contributed by atoms with van der Waals surface area (Å²) in [5.41, 5.74) is 1.60. The molecule has 7 heteroatoms. The molecule has 2 N–H and O–H groups in total. The predicted octanol–water partition coefficient (Wildman–Crippen LogP) is 3.71. The molecule has 0 atom stereocenters. The molecule has 1 aliphatic rings. The van der Waals surface area contributed by atoms with E-state index >= 15 is 0 Å². The van der Waals surface area contributed by atoms with Crippen LogP contribution in [0.3, 0.4) is 0 Å². The molecular formula is C22H25F2N3O2. The number of anilines is 1. The second-order valence-corrected chi connectivity index (χ2v) is 7.22. The molecular weight excluding hydrogens is 376 g/mol. The number of nitrogens with zero attached hydrogens (tertiary/aromatic N) is 1. The number of hydrogen-bond donors (Lipinski definition) is 2. The summed E-state index contributed by atoms with van der Waals surface area (Å²) in [6.45, 7) is 3.12. The van der Waals surface area contributed by atoms with Crippen molar-refractivity contribution in [1.29, 1.82) is 0 Å². The Kier molecular flexibility index (Phi) is 7.30. The SMILES string of the molecule is O=C(CCNC(=O)c1ccc(F)cc1F)Nc1cccc(CN2CCCCC2)c1. The summed E-state index contributed by atoms with van der Waals surface area (Å²) >= 11 is 0. The maximum absolute atomic E-state index is 13.6. The Morgan fingerprint density at radius 1 is 1.00 bits per heavy atom. The van der Waals surface area contributed by atoms with E-state index in [1.165, 1.54) is 19.3 Å². The molecule has 154 valence electrons. The minimum Gasteiger partial charge on any atom is -0.351 e. The molecule has 0 radical (unpaired) electrons. The molecule has 2 aromatic rings. The summed E-state index contributed by atoms with van der Waals surface area (Å²) < 4.78 is 26.5. The Morgan fingerprint density at radius 3 is 2.55 bits per heavy atom. The number of halogens is 2. The number of nitrogens with one attached hydrogen (secondary N) is 2. The van der Waals surface area contributed by atoms with Crippen LogP contribution in [0.25, 0.3) is 0 Å². The highest BCUT2D eigenvalue weighted by Crippen LogP contribution is 2.16. The molecule has 1 heterocycles. The van der Waals surface area contributed by atoms with Crippen LogP contribution in [0.5, 0.6) is 0 Å². The van der Waals surface area contributed by atoms with Gasteiger partial charge in [0.05, 0.1) is 5.56 Å². The van der Waals surface area contributed by atoms with Gasteiger partial charge in [-0.25, -0.2) is 8.78 Å². The van der Waals surface area contributed by atoms with Gasteiger partial charge < -0.3 is 10.6 Å². The second kappa shape index (κ2) is 10.1. The number of likely N-dealkylation sites (tertiary alicyclic amines) is 1. The van der Waals surface area contributed by atoms with Crippen LogP contribution < -0.4 is 10.6 Å². The minimum atomic E-state index is -0.933. The van der Waals surface area contributed by atoms with Gasteiger partial charge in [0.15, 0.2) is 0 Å². The zero-order chi connectivity index (χ0) is 20.6. The van der Waals surface area contributed by atoms with E-state index in [0.29, 0.717) is 11.8 Å². The summed E-state index contributed by atoms with van der Waals surface area (Å²) in [6.07, 6.45) is 3.79. The fourth-order valence-electron chi connectivity index (χ4n) is 3.41. The molecule has 0 spiro atoms. The summed E-state index contributed by atoms with van der Waals surface area (Å²) in [7, 11) is 0. The van der Waals surface area contributed by atoms with E-state index in [0.717, 1.165) is 37.3 Å². The van der Waals surface area contributed by atoms with Gasteiger partial charge in [-0.2, -0.15) is 0 Å². The van der Waals surface area contributed by atoms with E-state index in [1.54, 1.807) is 0 Å². The number of carbonyl (C=O) groups excluding carboxylic acids is 2. The van der Waals surface area contributed by atoms with Crippen molar-refractivity contribution < 1.29 is 18.4 Å². The van der Waals surface area contributed by atoms with E-state index in [9.17, 15) is 18.4 Å². The summed E-state index contributed by atoms with van der Waals surface area (Å²) in [5.74, 6) is -2.61. The summed E-state index contributed by atoms with van der Waals surface area (Å²) in [5, 5.41) is 5.29. The van der Waals surface area contributed by atoms with Gasteiger partial charge in [-0.3, -0.25) is 14.5 Å². The quantitative estimate of drug-likeness (QED) is 0.744. The standard InChI is InChI=1S/C22H25F2N3O2/c23-17-7-8-19(20(24)14-17)22(29)25-10-9-21(28)26-18-6-4-5-16(13-18)15-27-11-2-1-3-12-27/h4-8,13-14H,1-3,9-12,15H2,(H,25,29)(H,26,28). The van der Waals surface area contributed by atoms with E-state index in [4.69, 9.17) is 0 Å². The van der Waals surface area contributed by atoms with Crippen molar-refractivity contribution in [3.63, 3.8) is 0 Å². The fourth-order valence-corrected chi connectivity index (χ4v) is 3.41. The normalized spacial score (nSPS) is 14.4. The highest BCUT2D eigenvalue weighted by Gasteiger charge is 2.13. The fraction of sp³-hybridized carbons (Fsp3) is 0.364. The summed E-state index contributed by atoms with van der Waals surface area (Å²) in [6, 6.07) is 10.5. The van der Waals surface area contributed by atoms with Crippen molar-refractivity contribution in [3.8, 4) is 0 Å². The Balaban J connectivity index is 1.45. The number of piperidine rings is 1. The van der Waals surface area contributed by atoms with Crippen molar-refractivity contribution in [2.24, 2.45) is 0 Å². The zero-order valence-corrected chi connectivity index (χ0v) is 16.2. The van der Waals surface area contributed by atoms with Gasteiger partial charge in [-0.1, -0.05) is 18.6 Å². The maximum Gasteiger partial charge on any atom is 0.254 e. The van der Waals surface area contributed by atoms with E-state index < -0.39 is 17.5 Å². The molecule has 1 saturated heterocycles. The molecule has 0 bridgehead atoms. The van der Waals surface area contributed by atoms with Crippen LogP contribution in [-0.2, 0) is 11.3 Å². The summed E-state index contributed by atoms with van der Waals surface area (Å²) in [4.78, 5) is 26.5. The molecule has 0 saturated carbocycles. The Hall–Kier alpha value is -2.80. The van der Waals surface area contributed by atoms with Crippen LogP contribution >= 0.6 is 0 Å². The van der Waals surface area contributed by atoms with Gasteiger partial charge in [0.25, 0.3) is 5.91 Å². The first-order valence-electron chi connectivity index (χ1n) is 9.85. The van der Waals surface area contributed by atoms with Gasteiger partial charge in [-0.15, -0.1) is 0 Å². The van der Waals surface area contributed by atoms with Gasteiger partial charge in [0.2, 0.25) is 5.91 Å². The van der Waals surface area contributed by atoms with Gasteiger partial charge in [0.1, 0.15) is 11.6 Å². The van der Waals surface area contributed by atoms with E-state index in [-0.39, 0.29) is 24.4 Å². The van der Waals surface area contributed by atoms with E-state index in [1.807, 2.05) is 24.3 Å². The van der Waals surface area contributed by atoms with Crippen LogP contribution in [0.1, 0.15) is 41.6 Å². The average molecular weight is 401 g/mol. The highest BCUT2D eigenvalue weighted by atomic mass is 19.1. The van der Waals surface area contributed by atoms with Gasteiger partial charge in [0, 0.05) is 31.3 Å². The monoisotopic (exact) mass is 401 g/mol. The molecule has 2 aromatic carbocycles. The van der Waals surface area contributed by atoms with Crippen LogP contribution in [0.2, 0.25) is 0 Å². The third-order valence-corrected chi connectivity index (χ3v) is 4.88. The van der Waals surface area contributed by atoms with Gasteiger partial charge >= 0.3 is 0 Å². The van der Waals surface area contributed by atoms with Crippen molar-refractivity contribution in [2.45, 2.75) is 32.2 Å². The molecule has 0 aliphatic carbocycles. The Morgan fingerprint density at radius 2 is 1.79 bits per heavy atom. The molecule has 2 amide bonds. The number of benzene rings is 2. The molecule has 1 aliphatic heterocycles. The molecule has 29 heavy (non-hydrogen) atoms. The number of rotatable bonds is 7. The zero-order valence-electron chi connectivity index (χ0n) is 16.2. The first kappa shape index (κ1) is 20.9. The lowest BCUT2D eigenvalue weighted by atomic mass is 10.1. The second-order valence-electron chi connectivity index (χ2n) is 7.22. The van der Waals surface area contributed by atoms with Crippen LogP contribution in [0.15, 0.2) is 42.5 Å². The number of carbonyl (C=O) groups is 2. The first-order chi connectivity index (χ1) is 14.0. The lowest BCUT2D eigenvalue weighted by molar-refractivity contribution is -0.116. The maximum atomic E-state index is 13.6. The van der Waals surface area contributed by atoms with Crippen molar-refractivity contribution in [2.75, 3.05) is 25.0 Å². The lowest BCUT2D eigenvalue weighted by Crippen LogP contribution is -2.29. The topological polar surface area (TPSA) is 61.4 Å². The van der Waals surface area contributed by atoms with Crippen molar-refractivity contribution >= 4 is 17.5 Å². The number of amides is 2. The van der Waals surface area contributed by atoms with Crippen LogP contribution in [-0.4, -0.2) is 36.3 Å². The minimum absolute atomic E-state index is 0.0465. The smallest absolute Gasteiger partial charge is 0.254 e.